The minimum atomic E-state index is -0.265. The molecule has 0 spiro atoms. The molecule has 1 saturated heterocycles. The molecule has 1 amide bonds. The van der Waals surface area contributed by atoms with Crippen molar-refractivity contribution in [2.75, 3.05) is 19.6 Å². The van der Waals surface area contributed by atoms with Gasteiger partial charge in [-0.05, 0) is 23.3 Å². The second-order valence-corrected chi connectivity index (χ2v) is 4.18. The molecule has 0 atom stereocenters. The Balaban J connectivity index is 2.11. The summed E-state index contributed by atoms with van der Waals surface area (Å²) in [5.74, 6) is -0.249. The summed E-state index contributed by atoms with van der Waals surface area (Å²) in [6.45, 7) is 2.74. The summed E-state index contributed by atoms with van der Waals surface area (Å²) in [5.41, 5.74) is 7.40. The largest absolute Gasteiger partial charge is 0.354 e. The van der Waals surface area contributed by atoms with E-state index in [1.165, 1.54) is 12.1 Å². The number of carbonyl (C=O) groups is 1. The zero-order chi connectivity index (χ0) is 12.3. The lowest BCUT2D eigenvalue weighted by Crippen LogP contribution is -2.47. The Labute approximate surface area is 99.6 Å². The van der Waals surface area contributed by atoms with Gasteiger partial charge in [0.25, 0.3) is 0 Å². The number of hydrogen-bond donors (Lipinski definition) is 2. The standard InChI is InChI=1S/C12H16FN3O/c13-11-2-1-9(6-14)10(5-11)7-16-4-3-15-12(17)8-16/h1-2,5H,3-4,6-8,14H2,(H,15,17). The quantitative estimate of drug-likeness (QED) is 0.790. The van der Waals surface area contributed by atoms with E-state index >= 15 is 0 Å². The Morgan fingerprint density at radius 1 is 1.41 bits per heavy atom. The Hall–Kier alpha value is -1.46. The maximum Gasteiger partial charge on any atom is 0.234 e. The molecule has 2 rings (SSSR count). The second-order valence-electron chi connectivity index (χ2n) is 4.18. The van der Waals surface area contributed by atoms with Gasteiger partial charge < -0.3 is 11.1 Å². The van der Waals surface area contributed by atoms with E-state index in [0.29, 0.717) is 26.2 Å². The van der Waals surface area contributed by atoms with Crippen molar-refractivity contribution in [1.82, 2.24) is 10.2 Å². The molecule has 17 heavy (non-hydrogen) atoms. The average Bonchev–Trinajstić information content (AvgIpc) is 2.29. The number of rotatable bonds is 3. The van der Waals surface area contributed by atoms with E-state index in [2.05, 4.69) is 5.32 Å². The highest BCUT2D eigenvalue weighted by molar-refractivity contribution is 5.78. The zero-order valence-electron chi connectivity index (χ0n) is 9.58. The predicted octanol–water partition coefficient (Wildman–Crippen LogP) is 0.216. The first-order valence-corrected chi connectivity index (χ1v) is 5.65. The van der Waals surface area contributed by atoms with Gasteiger partial charge in [0.05, 0.1) is 6.54 Å². The Morgan fingerprint density at radius 3 is 2.94 bits per heavy atom. The van der Waals surface area contributed by atoms with Crippen molar-refractivity contribution in [2.24, 2.45) is 5.73 Å². The number of hydrogen-bond acceptors (Lipinski definition) is 3. The van der Waals surface area contributed by atoms with Crippen LogP contribution in [0.15, 0.2) is 18.2 Å². The summed E-state index contributed by atoms with van der Waals surface area (Å²) in [5, 5.41) is 2.76. The number of nitrogens with zero attached hydrogens (tertiary/aromatic N) is 1. The van der Waals surface area contributed by atoms with Crippen molar-refractivity contribution in [3.05, 3.63) is 35.1 Å². The summed E-state index contributed by atoms with van der Waals surface area (Å²) < 4.78 is 13.2. The molecule has 92 valence electrons. The fourth-order valence-electron chi connectivity index (χ4n) is 2.01. The van der Waals surface area contributed by atoms with Crippen LogP contribution >= 0.6 is 0 Å². The number of piperazine rings is 1. The molecule has 3 N–H and O–H groups in total. The fourth-order valence-corrected chi connectivity index (χ4v) is 2.01. The van der Waals surface area contributed by atoms with E-state index in [1.54, 1.807) is 6.07 Å². The molecule has 5 heteroatoms. The van der Waals surface area contributed by atoms with Crippen molar-refractivity contribution in [2.45, 2.75) is 13.1 Å². The van der Waals surface area contributed by atoms with Crippen LogP contribution in [-0.2, 0) is 17.9 Å². The minimum absolute atomic E-state index is 0.0157. The van der Waals surface area contributed by atoms with Crippen molar-refractivity contribution < 1.29 is 9.18 Å². The van der Waals surface area contributed by atoms with E-state index in [0.717, 1.165) is 17.7 Å². The summed E-state index contributed by atoms with van der Waals surface area (Å²) in [6, 6.07) is 4.61. The molecule has 0 bridgehead atoms. The number of amides is 1. The van der Waals surface area contributed by atoms with Gasteiger partial charge in [-0.3, -0.25) is 9.69 Å². The van der Waals surface area contributed by atoms with Crippen LogP contribution in [-0.4, -0.2) is 30.4 Å². The van der Waals surface area contributed by atoms with Crippen LogP contribution < -0.4 is 11.1 Å². The molecule has 4 nitrogen and oxygen atoms in total. The molecular formula is C12H16FN3O. The highest BCUT2D eigenvalue weighted by Gasteiger charge is 2.17. The van der Waals surface area contributed by atoms with Gasteiger partial charge in [-0.15, -0.1) is 0 Å². The smallest absolute Gasteiger partial charge is 0.234 e. The third-order valence-corrected chi connectivity index (χ3v) is 2.90. The summed E-state index contributed by atoms with van der Waals surface area (Å²) in [7, 11) is 0. The van der Waals surface area contributed by atoms with Gasteiger partial charge in [0.1, 0.15) is 5.82 Å². The first-order chi connectivity index (χ1) is 8.19. The summed E-state index contributed by atoms with van der Waals surface area (Å²) in [4.78, 5) is 13.2. The lowest BCUT2D eigenvalue weighted by molar-refractivity contribution is -0.124. The van der Waals surface area contributed by atoms with Crippen LogP contribution in [0.3, 0.4) is 0 Å². The van der Waals surface area contributed by atoms with Gasteiger partial charge >= 0.3 is 0 Å². The normalized spacial score (nSPS) is 16.9. The van der Waals surface area contributed by atoms with Gasteiger partial charge in [0, 0.05) is 26.2 Å². The SMILES string of the molecule is NCc1ccc(F)cc1CN1CCNC(=O)C1. The van der Waals surface area contributed by atoms with E-state index in [9.17, 15) is 9.18 Å². The first kappa shape index (κ1) is 12.0. The third-order valence-electron chi connectivity index (χ3n) is 2.90. The van der Waals surface area contributed by atoms with Gasteiger partial charge in [0.2, 0.25) is 5.91 Å². The van der Waals surface area contributed by atoms with Crippen molar-refractivity contribution in [3.8, 4) is 0 Å². The van der Waals surface area contributed by atoms with Crippen LogP contribution in [0.2, 0.25) is 0 Å². The first-order valence-electron chi connectivity index (χ1n) is 5.65. The maximum atomic E-state index is 13.2. The molecule has 0 aromatic heterocycles. The van der Waals surface area contributed by atoms with E-state index in [4.69, 9.17) is 5.73 Å². The van der Waals surface area contributed by atoms with E-state index in [1.807, 2.05) is 4.90 Å². The highest BCUT2D eigenvalue weighted by atomic mass is 19.1. The monoisotopic (exact) mass is 237 g/mol. The van der Waals surface area contributed by atoms with Crippen LogP contribution in [0.25, 0.3) is 0 Å². The number of nitrogens with one attached hydrogen (secondary N) is 1. The van der Waals surface area contributed by atoms with Crippen LogP contribution in [0.4, 0.5) is 4.39 Å². The number of carbonyl (C=O) groups excluding carboxylic acids is 1. The molecule has 1 aromatic carbocycles. The van der Waals surface area contributed by atoms with Crippen LogP contribution in [0, 0.1) is 5.82 Å². The molecule has 0 unspecified atom stereocenters. The molecule has 0 aliphatic carbocycles. The third kappa shape index (κ3) is 3.01. The lowest BCUT2D eigenvalue weighted by Gasteiger charge is -2.27. The highest BCUT2D eigenvalue weighted by Crippen LogP contribution is 2.14. The van der Waals surface area contributed by atoms with Crippen molar-refractivity contribution in [1.29, 1.82) is 0 Å². The molecule has 1 aliphatic rings. The predicted molar refractivity (Wildman–Crippen MR) is 62.6 cm³/mol. The van der Waals surface area contributed by atoms with E-state index in [-0.39, 0.29) is 11.7 Å². The van der Waals surface area contributed by atoms with Crippen molar-refractivity contribution >= 4 is 5.91 Å². The Kier molecular flexibility index (Phi) is 3.71. The number of halogens is 1. The summed E-state index contributed by atoms with van der Waals surface area (Å²) >= 11 is 0. The molecule has 1 fully saturated rings. The summed E-state index contributed by atoms with van der Waals surface area (Å²) in [6.07, 6.45) is 0. The van der Waals surface area contributed by atoms with Gasteiger partial charge in [-0.1, -0.05) is 6.07 Å². The molecule has 0 radical (unpaired) electrons. The van der Waals surface area contributed by atoms with Gasteiger partial charge in [-0.2, -0.15) is 0 Å². The average molecular weight is 237 g/mol. The fraction of sp³-hybridized carbons (Fsp3) is 0.417. The minimum Gasteiger partial charge on any atom is -0.354 e. The van der Waals surface area contributed by atoms with Gasteiger partial charge in [0.15, 0.2) is 0 Å². The molecule has 1 heterocycles. The van der Waals surface area contributed by atoms with Crippen molar-refractivity contribution in [3.63, 3.8) is 0 Å². The van der Waals surface area contributed by atoms with Gasteiger partial charge in [-0.25, -0.2) is 4.39 Å². The second kappa shape index (κ2) is 5.25. The van der Waals surface area contributed by atoms with E-state index < -0.39 is 0 Å². The topological polar surface area (TPSA) is 58.4 Å². The van der Waals surface area contributed by atoms with Crippen LogP contribution in [0.5, 0.6) is 0 Å². The molecule has 0 saturated carbocycles. The molecular weight excluding hydrogens is 221 g/mol. The lowest BCUT2D eigenvalue weighted by atomic mass is 10.1. The number of nitrogens with two attached hydrogens (primary N) is 1. The zero-order valence-corrected chi connectivity index (χ0v) is 9.58. The Morgan fingerprint density at radius 2 is 2.24 bits per heavy atom. The Bertz CT molecular complexity index is 422. The number of benzene rings is 1. The maximum absolute atomic E-state index is 13.2. The van der Waals surface area contributed by atoms with Crippen LogP contribution in [0.1, 0.15) is 11.1 Å². The molecule has 1 aromatic rings. The molecule has 1 aliphatic heterocycles.